The molecule has 11 rings (SSSR count). The third-order valence-corrected chi connectivity index (χ3v) is 12.7. The molecule has 0 amide bonds. The Balaban J connectivity index is 1.04. The molecule has 8 aromatic carbocycles. The van der Waals surface area contributed by atoms with Crippen LogP contribution in [0.3, 0.4) is 0 Å². The molecular weight excluding hydrogens is 627 g/mol. The average molecular weight is 666 g/mol. The number of benzene rings is 8. The first-order valence-corrected chi connectivity index (χ1v) is 19.0. The van der Waals surface area contributed by atoms with Crippen LogP contribution in [0.4, 0.5) is 17.1 Å². The highest BCUT2D eigenvalue weighted by Gasteiger charge is 2.56. The molecule has 0 aliphatic heterocycles. The van der Waals surface area contributed by atoms with Gasteiger partial charge in [0, 0.05) is 22.2 Å². The van der Waals surface area contributed by atoms with Gasteiger partial charge in [0.05, 0.1) is 5.69 Å². The molecule has 0 radical (unpaired) electrons. The molecule has 0 saturated heterocycles. The van der Waals surface area contributed by atoms with E-state index in [4.69, 9.17) is 0 Å². The Labute approximate surface area is 305 Å². The van der Waals surface area contributed by atoms with Crippen LogP contribution in [0.15, 0.2) is 176 Å². The van der Waals surface area contributed by atoms with Crippen molar-refractivity contribution >= 4 is 38.6 Å². The van der Waals surface area contributed by atoms with Gasteiger partial charge in [-0.05, 0) is 128 Å². The van der Waals surface area contributed by atoms with E-state index in [-0.39, 0.29) is 5.41 Å². The van der Waals surface area contributed by atoms with Gasteiger partial charge in [-0.15, -0.1) is 0 Å². The van der Waals surface area contributed by atoms with Crippen LogP contribution in [0.1, 0.15) is 36.8 Å². The first-order chi connectivity index (χ1) is 25.7. The minimum Gasteiger partial charge on any atom is -0.310 e. The number of anilines is 3. The molecule has 0 heterocycles. The van der Waals surface area contributed by atoms with Gasteiger partial charge in [-0.2, -0.15) is 0 Å². The topological polar surface area (TPSA) is 3.24 Å². The zero-order valence-corrected chi connectivity index (χ0v) is 29.2. The molecule has 248 valence electrons. The summed E-state index contributed by atoms with van der Waals surface area (Å²) in [6, 6.07) is 65.6. The third-order valence-electron chi connectivity index (χ3n) is 12.7. The van der Waals surface area contributed by atoms with E-state index >= 15 is 0 Å². The second kappa shape index (κ2) is 11.6. The second-order valence-electron chi connectivity index (χ2n) is 15.3. The lowest BCUT2D eigenvalue weighted by atomic mass is 9.66. The summed E-state index contributed by atoms with van der Waals surface area (Å²) >= 11 is 0. The molecule has 2 bridgehead atoms. The van der Waals surface area contributed by atoms with Gasteiger partial charge in [-0.3, -0.25) is 0 Å². The maximum absolute atomic E-state index is 2.56. The van der Waals surface area contributed by atoms with Crippen molar-refractivity contribution in [2.75, 3.05) is 4.90 Å². The van der Waals surface area contributed by atoms with Crippen molar-refractivity contribution in [2.24, 2.45) is 11.8 Å². The molecule has 0 N–H and O–H groups in total. The van der Waals surface area contributed by atoms with E-state index in [2.05, 4.69) is 181 Å². The van der Waals surface area contributed by atoms with Crippen molar-refractivity contribution in [2.45, 2.75) is 31.1 Å². The lowest BCUT2D eigenvalue weighted by Gasteiger charge is -2.36. The monoisotopic (exact) mass is 665 g/mol. The smallest absolute Gasteiger partial charge is 0.0546 e. The molecule has 2 saturated carbocycles. The van der Waals surface area contributed by atoms with Crippen molar-refractivity contribution in [3.63, 3.8) is 0 Å². The van der Waals surface area contributed by atoms with Crippen LogP contribution >= 0.6 is 0 Å². The number of hydrogen-bond acceptors (Lipinski definition) is 1. The highest BCUT2D eigenvalue weighted by molar-refractivity contribution is 6.14. The molecule has 3 atom stereocenters. The SMILES string of the molecule is c1ccc(-c2ccc(N(c3ccc(-c4ccc5c(c4)C4(CC6CCC4C6)c4ccccc4-5)cc3)c3cc4ccccc4c4ccccc34)cc2)cc1. The number of fused-ring (bicyclic) bond motifs is 11. The van der Waals surface area contributed by atoms with Crippen LogP contribution in [0, 0.1) is 11.8 Å². The van der Waals surface area contributed by atoms with Crippen LogP contribution in [0.5, 0.6) is 0 Å². The van der Waals surface area contributed by atoms with Crippen LogP contribution in [-0.4, -0.2) is 0 Å². The van der Waals surface area contributed by atoms with Gasteiger partial charge in [0.15, 0.2) is 0 Å². The summed E-state index contributed by atoms with van der Waals surface area (Å²) in [6.45, 7) is 0. The molecule has 0 aromatic heterocycles. The first kappa shape index (κ1) is 29.8. The fourth-order valence-electron chi connectivity index (χ4n) is 10.5. The standard InChI is InChI=1S/C51H39N/c1-2-10-35(11-3-1)36-19-25-41(26-20-36)52(50-32-39-12-4-5-13-43(39)44-14-6-7-16-47(44)50)42-27-21-37(22-28-42)38-23-29-46-45-15-8-9-17-48(45)51(49(46)31-38)33-34-18-24-40(51)30-34/h1-17,19-23,25-29,31-32,34,40H,18,24,30,33H2. The fourth-order valence-corrected chi connectivity index (χ4v) is 10.5. The van der Waals surface area contributed by atoms with Gasteiger partial charge in [0.1, 0.15) is 0 Å². The predicted molar refractivity (Wildman–Crippen MR) is 219 cm³/mol. The summed E-state index contributed by atoms with van der Waals surface area (Å²) < 4.78 is 0. The lowest BCUT2D eigenvalue weighted by molar-refractivity contribution is 0.327. The highest BCUT2D eigenvalue weighted by atomic mass is 15.1. The molecule has 1 nitrogen and oxygen atoms in total. The Morgan fingerprint density at radius 3 is 1.77 bits per heavy atom. The van der Waals surface area contributed by atoms with Crippen molar-refractivity contribution < 1.29 is 0 Å². The maximum atomic E-state index is 2.56. The minimum atomic E-state index is 0.185. The number of hydrogen-bond donors (Lipinski definition) is 0. The molecular formula is C51H39N. The molecule has 3 unspecified atom stereocenters. The van der Waals surface area contributed by atoms with Gasteiger partial charge in [-0.1, -0.05) is 146 Å². The number of rotatable bonds is 5. The van der Waals surface area contributed by atoms with Crippen LogP contribution in [0.2, 0.25) is 0 Å². The quantitative estimate of drug-likeness (QED) is 0.165. The fraction of sp³-hybridized carbons (Fsp3) is 0.137. The Morgan fingerprint density at radius 2 is 1.04 bits per heavy atom. The Bertz CT molecular complexity index is 2640. The summed E-state index contributed by atoms with van der Waals surface area (Å²) in [6.07, 6.45) is 5.46. The van der Waals surface area contributed by atoms with Gasteiger partial charge in [0.2, 0.25) is 0 Å². The van der Waals surface area contributed by atoms with Crippen LogP contribution in [0.25, 0.3) is 54.9 Å². The predicted octanol–water partition coefficient (Wildman–Crippen LogP) is 13.9. The Morgan fingerprint density at radius 1 is 0.442 bits per heavy atom. The normalized spacial score (nSPS) is 19.7. The summed E-state index contributed by atoms with van der Waals surface area (Å²) in [5.74, 6) is 1.63. The van der Waals surface area contributed by atoms with Crippen molar-refractivity contribution in [1.82, 2.24) is 0 Å². The second-order valence-corrected chi connectivity index (χ2v) is 15.3. The first-order valence-electron chi connectivity index (χ1n) is 19.0. The van der Waals surface area contributed by atoms with Crippen LogP contribution < -0.4 is 4.90 Å². The molecule has 1 heteroatoms. The zero-order chi connectivity index (χ0) is 34.2. The molecule has 8 aromatic rings. The average Bonchev–Trinajstić information content (AvgIpc) is 3.92. The van der Waals surface area contributed by atoms with Gasteiger partial charge >= 0.3 is 0 Å². The van der Waals surface area contributed by atoms with Crippen molar-refractivity contribution in [1.29, 1.82) is 0 Å². The van der Waals surface area contributed by atoms with Gasteiger partial charge in [0.25, 0.3) is 0 Å². The summed E-state index contributed by atoms with van der Waals surface area (Å²) in [7, 11) is 0. The Hall–Kier alpha value is -5.92. The molecule has 52 heavy (non-hydrogen) atoms. The van der Waals surface area contributed by atoms with E-state index in [1.807, 2.05) is 0 Å². The summed E-state index contributed by atoms with van der Waals surface area (Å²) in [4.78, 5) is 2.44. The van der Waals surface area contributed by atoms with Crippen molar-refractivity contribution in [3.8, 4) is 33.4 Å². The summed E-state index contributed by atoms with van der Waals surface area (Å²) in [5, 5.41) is 5.04. The zero-order valence-electron chi connectivity index (χ0n) is 29.2. The largest absolute Gasteiger partial charge is 0.310 e. The Kier molecular flexibility index (Phi) is 6.61. The third kappa shape index (κ3) is 4.42. The van der Waals surface area contributed by atoms with E-state index in [0.717, 1.165) is 23.2 Å². The van der Waals surface area contributed by atoms with Crippen molar-refractivity contribution in [3.05, 3.63) is 187 Å². The van der Waals surface area contributed by atoms with E-state index < -0.39 is 0 Å². The summed E-state index contributed by atoms with van der Waals surface area (Å²) in [5.41, 5.74) is 14.8. The van der Waals surface area contributed by atoms with E-state index in [9.17, 15) is 0 Å². The lowest BCUT2D eigenvalue weighted by Crippen LogP contribution is -2.31. The maximum Gasteiger partial charge on any atom is 0.0546 e. The van der Waals surface area contributed by atoms with E-state index in [0.29, 0.717) is 0 Å². The highest BCUT2D eigenvalue weighted by Crippen LogP contribution is 2.65. The van der Waals surface area contributed by atoms with Gasteiger partial charge < -0.3 is 4.90 Å². The molecule has 2 fully saturated rings. The molecule has 3 aliphatic rings. The molecule has 3 aliphatic carbocycles. The van der Waals surface area contributed by atoms with Crippen LogP contribution in [-0.2, 0) is 5.41 Å². The van der Waals surface area contributed by atoms with Gasteiger partial charge in [-0.25, -0.2) is 0 Å². The van der Waals surface area contributed by atoms with E-state index in [1.165, 1.54) is 86.3 Å². The minimum absolute atomic E-state index is 0.185. The molecule has 1 spiro atoms. The number of nitrogens with zero attached hydrogens (tertiary/aromatic N) is 1. The van der Waals surface area contributed by atoms with E-state index in [1.54, 1.807) is 11.1 Å².